The minimum atomic E-state index is -0.426. The fourth-order valence-electron chi connectivity index (χ4n) is 3.75. The van der Waals surface area contributed by atoms with Gasteiger partial charge in [-0.2, -0.15) is 0 Å². The lowest BCUT2D eigenvalue weighted by Gasteiger charge is -2.23. The maximum absolute atomic E-state index is 12.8. The second-order valence-corrected chi connectivity index (χ2v) is 7.76. The molecule has 2 aliphatic rings. The van der Waals surface area contributed by atoms with Crippen molar-refractivity contribution in [1.29, 1.82) is 0 Å². The monoisotopic (exact) mass is 384 g/mol. The van der Waals surface area contributed by atoms with E-state index in [-0.39, 0.29) is 11.9 Å². The standard InChI is InChI=1S/C22H28N2O4/c1-3-16-10-21(24(12-16)13-25)22(27)23-15(2)20-11-19(28-14-26)9-8-18(20)7-6-17-4-5-17/h6-9,11,13-17,21H,3-5,10,12H2,1-2H3,(H,23,27)/b7-6+/t15-,16+,21?/m0/s1. The third kappa shape index (κ3) is 4.80. The average Bonchev–Trinajstić information content (AvgIpc) is 3.43. The van der Waals surface area contributed by atoms with Crippen LogP contribution in [0.5, 0.6) is 5.75 Å². The number of hydrogen-bond acceptors (Lipinski definition) is 4. The van der Waals surface area contributed by atoms with Crippen LogP contribution in [0.15, 0.2) is 24.3 Å². The zero-order chi connectivity index (χ0) is 20.1. The summed E-state index contributed by atoms with van der Waals surface area (Å²) in [6.07, 6.45) is 9.10. The molecule has 2 fully saturated rings. The molecule has 0 radical (unpaired) electrons. The summed E-state index contributed by atoms with van der Waals surface area (Å²) in [6, 6.07) is 4.72. The Kier molecular flexibility index (Phi) is 6.49. The van der Waals surface area contributed by atoms with Crippen LogP contribution in [-0.2, 0) is 14.4 Å². The molecule has 0 aromatic heterocycles. The highest BCUT2D eigenvalue weighted by molar-refractivity contribution is 5.84. The molecule has 1 aliphatic heterocycles. The highest BCUT2D eigenvalue weighted by Crippen LogP contribution is 2.32. The van der Waals surface area contributed by atoms with Gasteiger partial charge in [0.25, 0.3) is 6.47 Å². The van der Waals surface area contributed by atoms with Gasteiger partial charge in [-0.3, -0.25) is 14.4 Å². The van der Waals surface area contributed by atoms with Crippen molar-refractivity contribution < 1.29 is 19.1 Å². The summed E-state index contributed by atoms with van der Waals surface area (Å²) in [5, 5.41) is 3.04. The molecule has 1 saturated carbocycles. The van der Waals surface area contributed by atoms with Crippen molar-refractivity contribution >= 4 is 24.9 Å². The van der Waals surface area contributed by atoms with Crippen LogP contribution in [0.2, 0.25) is 0 Å². The highest BCUT2D eigenvalue weighted by atomic mass is 16.5. The molecule has 1 aromatic carbocycles. The van der Waals surface area contributed by atoms with Crippen molar-refractivity contribution in [3.63, 3.8) is 0 Å². The van der Waals surface area contributed by atoms with Crippen LogP contribution in [0, 0.1) is 11.8 Å². The Morgan fingerprint density at radius 2 is 2.14 bits per heavy atom. The number of nitrogens with one attached hydrogen (secondary N) is 1. The number of carbonyl (C=O) groups excluding carboxylic acids is 3. The Morgan fingerprint density at radius 3 is 2.79 bits per heavy atom. The maximum atomic E-state index is 12.8. The van der Waals surface area contributed by atoms with Gasteiger partial charge in [0.15, 0.2) is 0 Å². The predicted molar refractivity (Wildman–Crippen MR) is 106 cm³/mol. The number of ether oxygens (including phenoxy) is 1. The maximum Gasteiger partial charge on any atom is 0.298 e. The van der Waals surface area contributed by atoms with E-state index in [4.69, 9.17) is 4.74 Å². The first-order chi connectivity index (χ1) is 13.5. The topological polar surface area (TPSA) is 75.7 Å². The van der Waals surface area contributed by atoms with Gasteiger partial charge in [-0.1, -0.05) is 31.6 Å². The van der Waals surface area contributed by atoms with Gasteiger partial charge < -0.3 is 15.0 Å². The molecule has 6 heteroatoms. The molecule has 1 unspecified atom stereocenters. The first-order valence-corrected chi connectivity index (χ1v) is 9.99. The van der Waals surface area contributed by atoms with Crippen LogP contribution in [0.3, 0.4) is 0 Å². The Morgan fingerprint density at radius 1 is 1.36 bits per heavy atom. The Balaban J connectivity index is 1.76. The van der Waals surface area contributed by atoms with Crippen molar-refractivity contribution in [2.45, 2.75) is 51.6 Å². The van der Waals surface area contributed by atoms with Crippen molar-refractivity contribution in [3.05, 3.63) is 35.4 Å². The fourth-order valence-corrected chi connectivity index (χ4v) is 3.75. The first-order valence-electron chi connectivity index (χ1n) is 9.99. The van der Waals surface area contributed by atoms with Crippen molar-refractivity contribution in [2.75, 3.05) is 6.54 Å². The molecule has 6 nitrogen and oxygen atoms in total. The van der Waals surface area contributed by atoms with Crippen molar-refractivity contribution in [1.82, 2.24) is 10.2 Å². The van der Waals surface area contributed by atoms with E-state index in [1.165, 1.54) is 12.8 Å². The fraction of sp³-hybridized carbons (Fsp3) is 0.500. The molecule has 1 saturated heterocycles. The summed E-state index contributed by atoms with van der Waals surface area (Å²) in [7, 11) is 0. The van der Waals surface area contributed by atoms with Crippen molar-refractivity contribution in [2.24, 2.45) is 11.8 Å². The molecular formula is C22H28N2O4. The smallest absolute Gasteiger partial charge is 0.298 e. The zero-order valence-electron chi connectivity index (χ0n) is 16.5. The van der Waals surface area contributed by atoms with Gasteiger partial charge in [-0.15, -0.1) is 0 Å². The molecule has 1 N–H and O–H groups in total. The Labute approximate surface area is 165 Å². The molecule has 1 heterocycles. The lowest BCUT2D eigenvalue weighted by molar-refractivity contribution is -0.131. The van der Waals surface area contributed by atoms with E-state index < -0.39 is 6.04 Å². The summed E-state index contributed by atoms with van der Waals surface area (Å²) in [5.74, 6) is 1.29. The average molecular weight is 384 g/mol. The normalized spacial score (nSPS) is 22.9. The van der Waals surface area contributed by atoms with Crippen LogP contribution in [0.25, 0.3) is 6.08 Å². The van der Waals surface area contributed by atoms with Crippen LogP contribution >= 0.6 is 0 Å². The molecule has 2 amide bonds. The molecule has 1 aromatic rings. The minimum Gasteiger partial charge on any atom is -0.429 e. The van der Waals surface area contributed by atoms with Crippen LogP contribution in [0.4, 0.5) is 0 Å². The van der Waals surface area contributed by atoms with Crippen LogP contribution < -0.4 is 10.1 Å². The number of rotatable bonds is 9. The zero-order valence-corrected chi connectivity index (χ0v) is 16.5. The third-order valence-corrected chi connectivity index (χ3v) is 5.68. The van der Waals surface area contributed by atoms with Gasteiger partial charge in [-0.05, 0) is 61.3 Å². The van der Waals surface area contributed by atoms with Crippen molar-refractivity contribution in [3.8, 4) is 5.75 Å². The summed E-state index contributed by atoms with van der Waals surface area (Å²) in [5.41, 5.74) is 1.87. The van der Waals surface area contributed by atoms with E-state index in [0.717, 1.165) is 24.0 Å². The van der Waals surface area contributed by atoms with Crippen LogP contribution in [0.1, 0.15) is 56.7 Å². The van der Waals surface area contributed by atoms with Gasteiger partial charge in [0.05, 0.1) is 6.04 Å². The second-order valence-electron chi connectivity index (χ2n) is 7.76. The number of amides is 2. The number of nitrogens with zero attached hydrogens (tertiary/aromatic N) is 1. The lowest BCUT2D eigenvalue weighted by atomic mass is 9.99. The Hall–Kier alpha value is -2.63. The SMILES string of the molecule is CC[C@@H]1CC(C(=O)N[C@@H](C)c2cc(OC=O)ccc2/C=C/C2CC2)N(C=O)C1. The molecule has 28 heavy (non-hydrogen) atoms. The van der Waals surface area contributed by atoms with Gasteiger partial charge in [0, 0.05) is 6.54 Å². The summed E-state index contributed by atoms with van der Waals surface area (Å²) in [6.45, 7) is 5.01. The van der Waals surface area contributed by atoms with E-state index >= 15 is 0 Å². The summed E-state index contributed by atoms with van der Waals surface area (Å²) in [4.78, 5) is 36.5. The van der Waals surface area contributed by atoms with E-state index in [1.54, 1.807) is 17.0 Å². The lowest BCUT2D eigenvalue weighted by Crippen LogP contribution is -2.43. The van der Waals surface area contributed by atoms with Gasteiger partial charge in [0.2, 0.25) is 12.3 Å². The summed E-state index contributed by atoms with van der Waals surface area (Å²) >= 11 is 0. The van der Waals surface area contributed by atoms with Gasteiger partial charge >= 0.3 is 0 Å². The van der Waals surface area contributed by atoms with Crippen LogP contribution in [-0.4, -0.2) is 36.3 Å². The summed E-state index contributed by atoms with van der Waals surface area (Å²) < 4.78 is 4.99. The number of likely N-dealkylation sites (tertiary alicyclic amines) is 1. The molecule has 1 aliphatic carbocycles. The van der Waals surface area contributed by atoms with Gasteiger partial charge in [-0.25, -0.2) is 0 Å². The van der Waals surface area contributed by atoms with Gasteiger partial charge in [0.1, 0.15) is 11.8 Å². The number of benzene rings is 1. The quantitative estimate of drug-likeness (QED) is 0.664. The second kappa shape index (κ2) is 9.04. The minimum absolute atomic E-state index is 0.144. The third-order valence-electron chi connectivity index (χ3n) is 5.68. The largest absolute Gasteiger partial charge is 0.429 e. The molecule has 0 bridgehead atoms. The molecule has 150 valence electrons. The predicted octanol–water partition coefficient (Wildman–Crippen LogP) is 3.08. The van der Waals surface area contributed by atoms with E-state index in [0.29, 0.717) is 37.0 Å². The number of carbonyl (C=O) groups is 3. The molecular weight excluding hydrogens is 356 g/mol. The molecule has 3 rings (SSSR count). The number of allylic oxidation sites excluding steroid dienone is 1. The van der Waals surface area contributed by atoms with E-state index in [9.17, 15) is 14.4 Å². The highest BCUT2D eigenvalue weighted by Gasteiger charge is 2.35. The molecule has 0 spiro atoms. The Bertz CT molecular complexity index is 757. The van der Waals surface area contributed by atoms with E-state index in [1.807, 2.05) is 13.0 Å². The number of hydrogen-bond donors (Lipinski definition) is 1. The van der Waals surface area contributed by atoms with E-state index in [2.05, 4.69) is 24.4 Å². The first kappa shape index (κ1) is 20.1. The molecule has 3 atom stereocenters.